The summed E-state index contributed by atoms with van der Waals surface area (Å²) in [6, 6.07) is 4.48. The molecule has 0 aliphatic carbocycles. The van der Waals surface area contributed by atoms with Crippen molar-refractivity contribution in [2.45, 2.75) is 36.1 Å². The molecule has 3 heterocycles. The van der Waals surface area contributed by atoms with E-state index in [9.17, 15) is 22.3 Å². The van der Waals surface area contributed by atoms with E-state index < -0.39 is 33.3 Å². The monoisotopic (exact) mass is 375 g/mol. The van der Waals surface area contributed by atoms with Gasteiger partial charge in [0, 0.05) is 18.5 Å². The maximum absolute atomic E-state index is 13.2. The zero-order valence-electron chi connectivity index (χ0n) is 12.8. The smallest absolute Gasteiger partial charge is 0.371 e. The van der Waals surface area contributed by atoms with Crippen molar-refractivity contribution in [1.82, 2.24) is 0 Å². The molecular formula is C15H16F3N3O3S. The van der Waals surface area contributed by atoms with Crippen LogP contribution in [0.1, 0.15) is 17.5 Å². The first-order valence-corrected chi connectivity index (χ1v) is 9.28. The molecule has 3 fully saturated rings. The van der Waals surface area contributed by atoms with Crippen LogP contribution in [0, 0.1) is 17.2 Å². The number of nitriles is 1. The second-order valence-corrected chi connectivity index (χ2v) is 8.74. The van der Waals surface area contributed by atoms with Crippen molar-refractivity contribution < 1.29 is 27.0 Å². The molecule has 5 atom stereocenters. The molecule has 1 aromatic carbocycles. The average Bonchev–Trinajstić information content (AvgIpc) is 3.15. The van der Waals surface area contributed by atoms with Gasteiger partial charge in [0.25, 0.3) is 0 Å². The van der Waals surface area contributed by atoms with E-state index in [0.29, 0.717) is 6.42 Å². The van der Waals surface area contributed by atoms with E-state index in [-0.39, 0.29) is 36.4 Å². The van der Waals surface area contributed by atoms with Gasteiger partial charge in [-0.25, -0.2) is 0 Å². The molecule has 0 unspecified atom stereocenters. The Labute approximate surface area is 143 Å². The zero-order chi connectivity index (χ0) is 18.1. The van der Waals surface area contributed by atoms with Gasteiger partial charge in [-0.05, 0) is 24.6 Å². The Balaban J connectivity index is 1.73. The first-order valence-electron chi connectivity index (χ1n) is 7.71. The molecule has 2 bridgehead atoms. The van der Waals surface area contributed by atoms with Crippen molar-refractivity contribution in [2.24, 2.45) is 11.7 Å². The Morgan fingerprint density at radius 1 is 1.36 bits per heavy atom. The van der Waals surface area contributed by atoms with Crippen LogP contribution in [0.3, 0.4) is 0 Å². The van der Waals surface area contributed by atoms with E-state index in [1.165, 1.54) is 16.4 Å². The normalized spacial score (nSPS) is 37.0. The van der Waals surface area contributed by atoms with Crippen LogP contribution in [-0.4, -0.2) is 39.1 Å². The molecule has 10 heteroatoms. The molecule has 0 radical (unpaired) electrons. The van der Waals surface area contributed by atoms with Crippen LogP contribution >= 0.6 is 10.8 Å². The van der Waals surface area contributed by atoms with E-state index in [1.54, 1.807) is 0 Å². The number of fused-ring (bicyclic) bond motifs is 5. The highest BCUT2D eigenvalue weighted by Gasteiger charge is 2.63. The van der Waals surface area contributed by atoms with Gasteiger partial charge in [0.1, 0.15) is 5.25 Å². The van der Waals surface area contributed by atoms with Crippen LogP contribution in [0.25, 0.3) is 0 Å². The third kappa shape index (κ3) is 2.34. The number of nitrogens with two attached hydrogens (primary N) is 1. The van der Waals surface area contributed by atoms with Gasteiger partial charge >= 0.3 is 6.18 Å². The van der Waals surface area contributed by atoms with Crippen LogP contribution < -0.4 is 10.0 Å². The van der Waals surface area contributed by atoms with Crippen molar-refractivity contribution in [3.8, 4) is 6.07 Å². The Bertz CT molecular complexity index is 767. The summed E-state index contributed by atoms with van der Waals surface area (Å²) in [7, 11) is -3.35. The Morgan fingerprint density at radius 3 is 2.72 bits per heavy atom. The van der Waals surface area contributed by atoms with Gasteiger partial charge < -0.3 is 10.5 Å². The molecule has 0 spiro atoms. The van der Waals surface area contributed by atoms with Gasteiger partial charge in [0.15, 0.2) is 0 Å². The predicted molar refractivity (Wildman–Crippen MR) is 84.9 cm³/mol. The Kier molecular flexibility index (Phi) is 3.55. The molecule has 3 aliphatic rings. The standard InChI is InChI=1S/C15H16F3N3O3S/c16-15(17,18)10-3-8(2-1-7(10)5-19)21-6-9-13-11(20)4-12(24-13)14(9)25(21,22)23/h1-3,9,11-14,22-23H,4,6,20H2/t9-,11+,12-,13-,14-/m1/s1. The minimum Gasteiger partial charge on any atom is -0.371 e. The highest BCUT2D eigenvalue weighted by molar-refractivity contribution is 8.26. The minimum atomic E-state index is -4.70. The number of alkyl halides is 3. The van der Waals surface area contributed by atoms with Crippen LogP contribution in [0.4, 0.5) is 18.9 Å². The molecular weight excluding hydrogens is 359 g/mol. The summed E-state index contributed by atoms with van der Waals surface area (Å²) < 4.78 is 67.9. The van der Waals surface area contributed by atoms with Gasteiger partial charge in [0.05, 0.1) is 35.1 Å². The molecule has 4 N–H and O–H groups in total. The lowest BCUT2D eigenvalue weighted by Gasteiger charge is -2.43. The van der Waals surface area contributed by atoms with Gasteiger partial charge in [-0.1, -0.05) is 0 Å². The van der Waals surface area contributed by atoms with E-state index in [4.69, 9.17) is 15.7 Å². The van der Waals surface area contributed by atoms with Crippen LogP contribution in [0.2, 0.25) is 0 Å². The fourth-order valence-electron chi connectivity index (χ4n) is 4.23. The molecule has 0 aromatic heterocycles. The number of hydrogen-bond donors (Lipinski definition) is 3. The van der Waals surface area contributed by atoms with Gasteiger partial charge in [-0.2, -0.15) is 18.4 Å². The summed E-state index contributed by atoms with van der Waals surface area (Å²) in [5.41, 5.74) is 4.43. The van der Waals surface area contributed by atoms with Gasteiger partial charge in [0.2, 0.25) is 0 Å². The number of rotatable bonds is 1. The van der Waals surface area contributed by atoms with Crippen molar-refractivity contribution in [3.05, 3.63) is 29.3 Å². The number of nitrogens with zero attached hydrogens (tertiary/aromatic N) is 2. The van der Waals surface area contributed by atoms with Gasteiger partial charge in [-0.3, -0.25) is 13.4 Å². The molecule has 1 aromatic rings. The molecule has 4 rings (SSSR count). The average molecular weight is 375 g/mol. The van der Waals surface area contributed by atoms with Crippen LogP contribution in [0.15, 0.2) is 18.2 Å². The molecule has 3 saturated heterocycles. The predicted octanol–water partition coefficient (Wildman–Crippen LogP) is 2.55. The topological polar surface area (TPSA) is 103 Å². The largest absolute Gasteiger partial charge is 0.417 e. The van der Waals surface area contributed by atoms with Crippen LogP contribution in [-0.2, 0) is 10.9 Å². The minimum absolute atomic E-state index is 0.0358. The molecule has 0 amide bonds. The number of benzene rings is 1. The maximum Gasteiger partial charge on any atom is 0.417 e. The Hall–Kier alpha value is -1.51. The summed E-state index contributed by atoms with van der Waals surface area (Å²) in [5.74, 6) is -0.233. The zero-order valence-corrected chi connectivity index (χ0v) is 13.7. The number of ether oxygens (including phenoxy) is 1. The lowest BCUT2D eigenvalue weighted by atomic mass is 9.85. The highest BCUT2D eigenvalue weighted by Crippen LogP contribution is 2.65. The molecule has 136 valence electrons. The summed E-state index contributed by atoms with van der Waals surface area (Å²) in [4.78, 5) is 0. The molecule has 25 heavy (non-hydrogen) atoms. The quantitative estimate of drug-likeness (QED) is 0.697. The van der Waals surface area contributed by atoms with Gasteiger partial charge in [-0.15, -0.1) is 10.8 Å². The molecule has 6 nitrogen and oxygen atoms in total. The second-order valence-electron chi connectivity index (χ2n) is 6.63. The lowest BCUT2D eigenvalue weighted by molar-refractivity contribution is -0.137. The van der Waals surface area contributed by atoms with Crippen molar-refractivity contribution in [3.63, 3.8) is 0 Å². The third-order valence-corrected chi connectivity index (χ3v) is 7.64. The van der Waals surface area contributed by atoms with Crippen molar-refractivity contribution >= 4 is 16.5 Å². The summed E-state index contributed by atoms with van der Waals surface area (Å²) in [6.45, 7) is 0.158. The first kappa shape index (κ1) is 16.9. The second kappa shape index (κ2) is 5.25. The van der Waals surface area contributed by atoms with E-state index in [0.717, 1.165) is 12.1 Å². The number of halogens is 3. The maximum atomic E-state index is 13.2. The number of anilines is 1. The SMILES string of the molecule is N#Cc1ccc(N2C[C@@H]3[C@H]4O[C@H](C[C@@H]4N)[C@@H]3S2(O)O)cc1C(F)(F)F. The first-order chi connectivity index (χ1) is 11.6. The van der Waals surface area contributed by atoms with E-state index in [2.05, 4.69) is 0 Å². The fraction of sp³-hybridized carbons (Fsp3) is 0.533. The van der Waals surface area contributed by atoms with Crippen molar-refractivity contribution in [1.29, 1.82) is 5.26 Å². The van der Waals surface area contributed by atoms with E-state index in [1.807, 2.05) is 0 Å². The molecule has 3 aliphatic heterocycles. The van der Waals surface area contributed by atoms with Crippen molar-refractivity contribution in [2.75, 3.05) is 10.8 Å². The lowest BCUT2D eigenvalue weighted by Crippen LogP contribution is -2.43. The fourth-order valence-corrected chi connectivity index (χ4v) is 6.63. The summed E-state index contributed by atoms with van der Waals surface area (Å²) in [5, 5.41) is 8.34. The highest BCUT2D eigenvalue weighted by atomic mass is 32.3. The van der Waals surface area contributed by atoms with E-state index >= 15 is 0 Å². The van der Waals surface area contributed by atoms with Crippen LogP contribution in [0.5, 0.6) is 0 Å². The third-order valence-electron chi connectivity index (χ3n) is 5.25. The number of hydrogen-bond acceptors (Lipinski definition) is 6. The summed E-state index contributed by atoms with van der Waals surface area (Å²) >= 11 is 0. The Morgan fingerprint density at radius 2 is 2.08 bits per heavy atom. The molecule has 0 saturated carbocycles. The summed E-state index contributed by atoms with van der Waals surface area (Å²) in [6.07, 6.45) is -4.90.